The van der Waals surface area contributed by atoms with Crippen LogP contribution >= 0.6 is 11.6 Å². The highest BCUT2D eigenvalue weighted by Crippen LogP contribution is 2.48. The monoisotopic (exact) mass is 414 g/mol. The van der Waals surface area contributed by atoms with Crippen molar-refractivity contribution in [3.63, 3.8) is 0 Å². The van der Waals surface area contributed by atoms with Crippen LogP contribution in [0.2, 0.25) is 5.02 Å². The zero-order valence-corrected chi connectivity index (χ0v) is 16.8. The Balaban J connectivity index is 2.69. The number of alkyl halides is 3. The molecule has 1 N–H and O–H groups in total. The van der Waals surface area contributed by atoms with Crippen molar-refractivity contribution < 1.29 is 23.0 Å². The molecule has 2 aromatic rings. The normalized spacial score (nSPS) is 14.2. The van der Waals surface area contributed by atoms with Gasteiger partial charge in [-0.1, -0.05) is 23.7 Å². The standard InChI is InChI=1S/C20H22ClF3N2O2/c1-5-26(3)12-25-17-11-18(28-4)16(10-13(17)2)19(27,20(22,23)24)14-6-8-15(21)9-7-14/h6-12,27H,5H2,1-4H3. The van der Waals surface area contributed by atoms with E-state index in [4.69, 9.17) is 16.3 Å². The predicted octanol–water partition coefficient (Wildman–Crippen LogP) is 5.07. The summed E-state index contributed by atoms with van der Waals surface area (Å²) in [7, 11) is 3.08. The molecule has 0 fully saturated rings. The minimum Gasteiger partial charge on any atom is -0.496 e. The zero-order valence-electron chi connectivity index (χ0n) is 16.0. The van der Waals surface area contributed by atoms with Gasteiger partial charge in [0, 0.05) is 30.2 Å². The smallest absolute Gasteiger partial charge is 0.425 e. The third-order valence-corrected chi connectivity index (χ3v) is 4.72. The van der Waals surface area contributed by atoms with E-state index in [0.717, 1.165) is 18.7 Å². The molecule has 1 atom stereocenters. The first-order chi connectivity index (χ1) is 13.0. The van der Waals surface area contributed by atoms with Crippen molar-refractivity contribution in [2.45, 2.75) is 25.6 Å². The highest BCUT2D eigenvalue weighted by atomic mass is 35.5. The average molecular weight is 415 g/mol. The van der Waals surface area contributed by atoms with E-state index in [9.17, 15) is 18.3 Å². The summed E-state index contributed by atoms with van der Waals surface area (Å²) in [4.78, 5) is 6.11. The van der Waals surface area contributed by atoms with Crippen LogP contribution in [0.25, 0.3) is 0 Å². The Morgan fingerprint density at radius 2 is 1.82 bits per heavy atom. The molecule has 8 heteroatoms. The van der Waals surface area contributed by atoms with E-state index in [1.54, 1.807) is 13.3 Å². The molecule has 0 aliphatic carbocycles. The minimum absolute atomic E-state index is 0.119. The lowest BCUT2D eigenvalue weighted by Crippen LogP contribution is -2.43. The summed E-state index contributed by atoms with van der Waals surface area (Å²) in [5, 5.41) is 11.1. The van der Waals surface area contributed by atoms with Crippen LogP contribution in [-0.4, -0.2) is 43.2 Å². The molecule has 0 radical (unpaired) electrons. The van der Waals surface area contributed by atoms with E-state index >= 15 is 0 Å². The van der Waals surface area contributed by atoms with Crippen LogP contribution in [0.4, 0.5) is 18.9 Å². The summed E-state index contributed by atoms with van der Waals surface area (Å²) in [6.07, 6.45) is -3.41. The molecule has 4 nitrogen and oxygen atoms in total. The second-order valence-electron chi connectivity index (χ2n) is 6.37. The van der Waals surface area contributed by atoms with Crippen LogP contribution in [0, 0.1) is 6.92 Å². The van der Waals surface area contributed by atoms with Gasteiger partial charge < -0.3 is 14.7 Å². The fraction of sp³-hybridized carbons (Fsp3) is 0.350. The maximum Gasteiger partial charge on any atom is 0.425 e. The van der Waals surface area contributed by atoms with Crippen molar-refractivity contribution in [1.82, 2.24) is 4.90 Å². The average Bonchev–Trinajstić information content (AvgIpc) is 2.65. The first kappa shape index (κ1) is 22.0. The van der Waals surface area contributed by atoms with Gasteiger partial charge >= 0.3 is 6.18 Å². The summed E-state index contributed by atoms with van der Waals surface area (Å²) < 4.78 is 47.3. The Hall–Kier alpha value is -2.25. The summed E-state index contributed by atoms with van der Waals surface area (Å²) in [6.45, 7) is 4.29. The first-order valence-electron chi connectivity index (χ1n) is 8.53. The Labute approximate surface area is 167 Å². The molecule has 0 aliphatic heterocycles. The number of hydrogen-bond donors (Lipinski definition) is 1. The van der Waals surface area contributed by atoms with Crippen molar-refractivity contribution in [2.75, 3.05) is 20.7 Å². The van der Waals surface area contributed by atoms with Crippen molar-refractivity contribution >= 4 is 23.6 Å². The molecule has 2 rings (SSSR count). The molecule has 28 heavy (non-hydrogen) atoms. The molecule has 0 spiro atoms. The summed E-state index contributed by atoms with van der Waals surface area (Å²) >= 11 is 5.79. The molecule has 1 unspecified atom stereocenters. The molecular weight excluding hydrogens is 393 g/mol. The molecule has 0 amide bonds. The number of aliphatic hydroxyl groups is 1. The van der Waals surface area contributed by atoms with E-state index in [-0.39, 0.29) is 16.3 Å². The SMILES string of the molecule is CCN(C)C=Nc1cc(OC)c(C(O)(c2ccc(Cl)cc2)C(F)(F)F)cc1C. The Bertz CT molecular complexity index is 854. The number of rotatable bonds is 6. The molecule has 0 saturated carbocycles. The number of ether oxygens (including phenoxy) is 1. The molecule has 0 aliphatic rings. The molecule has 0 aromatic heterocycles. The number of aryl methyl sites for hydroxylation is 1. The van der Waals surface area contributed by atoms with Gasteiger partial charge in [0.2, 0.25) is 5.60 Å². The van der Waals surface area contributed by atoms with Crippen molar-refractivity contribution in [1.29, 1.82) is 0 Å². The van der Waals surface area contributed by atoms with Gasteiger partial charge in [-0.15, -0.1) is 0 Å². The molecule has 0 bridgehead atoms. The second kappa shape index (κ2) is 8.41. The van der Waals surface area contributed by atoms with E-state index < -0.39 is 17.3 Å². The van der Waals surface area contributed by atoms with Crippen LogP contribution in [0.1, 0.15) is 23.6 Å². The molecule has 152 valence electrons. The third kappa shape index (κ3) is 4.25. The van der Waals surface area contributed by atoms with E-state index in [1.165, 1.54) is 31.4 Å². The van der Waals surface area contributed by atoms with Crippen LogP contribution < -0.4 is 4.74 Å². The predicted molar refractivity (Wildman–Crippen MR) is 105 cm³/mol. The second-order valence-corrected chi connectivity index (χ2v) is 6.81. The Kier molecular flexibility index (Phi) is 6.62. The molecule has 0 heterocycles. The third-order valence-electron chi connectivity index (χ3n) is 4.47. The Morgan fingerprint density at radius 3 is 2.32 bits per heavy atom. The van der Waals surface area contributed by atoms with Crippen LogP contribution in [-0.2, 0) is 5.60 Å². The lowest BCUT2D eigenvalue weighted by atomic mass is 9.84. The van der Waals surface area contributed by atoms with Crippen molar-refractivity contribution in [3.8, 4) is 5.75 Å². The number of benzene rings is 2. The molecular formula is C20H22ClF3N2O2. The van der Waals surface area contributed by atoms with Crippen molar-refractivity contribution in [2.24, 2.45) is 4.99 Å². The first-order valence-corrected chi connectivity index (χ1v) is 8.91. The molecule has 0 saturated heterocycles. The van der Waals surface area contributed by atoms with Gasteiger partial charge in [-0.25, -0.2) is 4.99 Å². The maximum atomic E-state index is 14.0. The van der Waals surface area contributed by atoms with Gasteiger partial charge in [0.25, 0.3) is 0 Å². The summed E-state index contributed by atoms with van der Waals surface area (Å²) in [5.74, 6) is -0.119. The number of methoxy groups -OCH3 is 1. The van der Waals surface area contributed by atoms with E-state index in [0.29, 0.717) is 11.3 Å². The van der Waals surface area contributed by atoms with Gasteiger partial charge in [-0.05, 0) is 43.2 Å². The van der Waals surface area contributed by atoms with Gasteiger partial charge in [0.15, 0.2) is 0 Å². The van der Waals surface area contributed by atoms with Gasteiger partial charge in [0.05, 0.1) is 19.1 Å². The van der Waals surface area contributed by atoms with Crippen LogP contribution in [0.5, 0.6) is 5.75 Å². The topological polar surface area (TPSA) is 45.1 Å². The lowest BCUT2D eigenvalue weighted by Gasteiger charge is -2.33. The number of nitrogens with zero attached hydrogens (tertiary/aromatic N) is 2. The highest BCUT2D eigenvalue weighted by Gasteiger charge is 2.57. The fourth-order valence-electron chi connectivity index (χ4n) is 2.67. The van der Waals surface area contributed by atoms with Gasteiger partial charge in [0.1, 0.15) is 5.75 Å². The number of halogens is 4. The van der Waals surface area contributed by atoms with Crippen molar-refractivity contribution in [3.05, 3.63) is 58.1 Å². The van der Waals surface area contributed by atoms with E-state index in [1.807, 2.05) is 18.9 Å². The van der Waals surface area contributed by atoms with Gasteiger partial charge in [-0.3, -0.25) is 0 Å². The molecule has 2 aromatic carbocycles. The maximum absolute atomic E-state index is 14.0. The largest absolute Gasteiger partial charge is 0.496 e. The Morgan fingerprint density at radius 1 is 1.21 bits per heavy atom. The summed E-state index contributed by atoms with van der Waals surface area (Å²) in [5.41, 5.74) is -3.13. The lowest BCUT2D eigenvalue weighted by molar-refractivity contribution is -0.248. The zero-order chi connectivity index (χ0) is 21.1. The van der Waals surface area contributed by atoms with Gasteiger partial charge in [-0.2, -0.15) is 13.2 Å². The number of hydrogen-bond acceptors (Lipinski definition) is 3. The quantitative estimate of drug-likeness (QED) is 0.530. The minimum atomic E-state index is -4.99. The highest BCUT2D eigenvalue weighted by molar-refractivity contribution is 6.30. The van der Waals surface area contributed by atoms with Crippen LogP contribution in [0.3, 0.4) is 0 Å². The summed E-state index contributed by atoms with van der Waals surface area (Å²) in [6, 6.07) is 7.52. The number of aliphatic imine (C=N–C) groups is 1. The van der Waals surface area contributed by atoms with Crippen LogP contribution in [0.15, 0.2) is 41.4 Å². The van der Waals surface area contributed by atoms with E-state index in [2.05, 4.69) is 4.99 Å². The fourth-order valence-corrected chi connectivity index (χ4v) is 2.80.